The lowest BCUT2D eigenvalue weighted by atomic mass is 9.99. The Labute approximate surface area is 156 Å². The molecular formula is C20H30N6. The molecule has 6 heteroatoms. The normalized spacial score (nSPS) is 17.7. The minimum Gasteiger partial charge on any atom is -0.357 e. The number of rotatable bonds is 8. The number of aliphatic imine (C=N–C) groups is 1. The van der Waals surface area contributed by atoms with Crippen molar-refractivity contribution in [3.8, 4) is 0 Å². The van der Waals surface area contributed by atoms with Crippen molar-refractivity contribution in [3.05, 3.63) is 48.5 Å². The van der Waals surface area contributed by atoms with E-state index in [1.54, 1.807) is 12.7 Å². The number of hydrogen-bond acceptors (Lipinski definition) is 3. The third-order valence-electron chi connectivity index (χ3n) is 4.84. The van der Waals surface area contributed by atoms with Crippen molar-refractivity contribution >= 4 is 5.96 Å². The number of nitrogens with one attached hydrogen (secondary N) is 1. The van der Waals surface area contributed by atoms with Crippen LogP contribution in [-0.4, -0.2) is 51.8 Å². The Hall–Kier alpha value is -2.37. The van der Waals surface area contributed by atoms with Gasteiger partial charge in [0.1, 0.15) is 12.7 Å². The highest BCUT2D eigenvalue weighted by Gasteiger charge is 2.24. The second-order valence-corrected chi connectivity index (χ2v) is 6.93. The molecule has 0 bridgehead atoms. The summed E-state index contributed by atoms with van der Waals surface area (Å²) in [6.45, 7) is 7.08. The van der Waals surface area contributed by atoms with Crippen LogP contribution in [-0.2, 0) is 13.0 Å². The van der Waals surface area contributed by atoms with Crippen molar-refractivity contribution in [2.75, 3.05) is 26.2 Å². The van der Waals surface area contributed by atoms with Gasteiger partial charge in [0.05, 0.1) is 0 Å². The number of aromatic nitrogens is 3. The SMILES string of the molecule is CCNC(=NCCCCn1cnnc1)N1CCC(Cc2ccccc2)C1. The number of hydrogen-bond donors (Lipinski definition) is 1. The second-order valence-electron chi connectivity index (χ2n) is 6.93. The standard InChI is InChI=1S/C20H30N6/c1-2-21-20(22-11-6-7-12-25-16-23-24-17-25)26-13-10-19(15-26)14-18-8-4-3-5-9-18/h3-5,8-9,16-17,19H,2,6-7,10-15H2,1H3,(H,21,22). The van der Waals surface area contributed by atoms with Crippen LogP contribution in [0.15, 0.2) is 48.0 Å². The maximum Gasteiger partial charge on any atom is 0.193 e. The van der Waals surface area contributed by atoms with E-state index in [0.29, 0.717) is 0 Å². The van der Waals surface area contributed by atoms with Crippen LogP contribution in [0.25, 0.3) is 0 Å². The van der Waals surface area contributed by atoms with Crippen LogP contribution in [0, 0.1) is 5.92 Å². The van der Waals surface area contributed by atoms with E-state index in [2.05, 4.69) is 57.7 Å². The first-order chi connectivity index (χ1) is 12.8. The molecule has 1 saturated heterocycles. The Balaban J connectivity index is 1.44. The lowest BCUT2D eigenvalue weighted by Crippen LogP contribution is -2.40. The van der Waals surface area contributed by atoms with Gasteiger partial charge in [-0.15, -0.1) is 10.2 Å². The second kappa shape index (κ2) is 9.94. The minimum atomic E-state index is 0.718. The van der Waals surface area contributed by atoms with Gasteiger partial charge in [-0.3, -0.25) is 4.99 Å². The van der Waals surface area contributed by atoms with Gasteiger partial charge in [-0.25, -0.2) is 0 Å². The molecule has 26 heavy (non-hydrogen) atoms. The Kier molecular flexibility index (Phi) is 7.05. The van der Waals surface area contributed by atoms with Crippen LogP contribution in [0.3, 0.4) is 0 Å². The Morgan fingerprint density at radius 1 is 1.19 bits per heavy atom. The highest BCUT2D eigenvalue weighted by atomic mass is 15.3. The zero-order valence-electron chi connectivity index (χ0n) is 15.7. The van der Waals surface area contributed by atoms with E-state index in [1.165, 1.54) is 12.0 Å². The summed E-state index contributed by atoms with van der Waals surface area (Å²) in [7, 11) is 0. The van der Waals surface area contributed by atoms with Gasteiger partial charge in [-0.05, 0) is 44.1 Å². The van der Waals surface area contributed by atoms with E-state index in [-0.39, 0.29) is 0 Å². The summed E-state index contributed by atoms with van der Waals surface area (Å²) in [5.74, 6) is 1.79. The Morgan fingerprint density at radius 2 is 2.00 bits per heavy atom. The van der Waals surface area contributed by atoms with Gasteiger partial charge in [0, 0.05) is 32.7 Å². The molecule has 3 rings (SSSR count). The van der Waals surface area contributed by atoms with E-state index in [0.717, 1.165) is 63.9 Å². The van der Waals surface area contributed by atoms with E-state index in [9.17, 15) is 0 Å². The van der Waals surface area contributed by atoms with Crippen molar-refractivity contribution in [1.29, 1.82) is 0 Å². The van der Waals surface area contributed by atoms with Crippen LogP contribution < -0.4 is 5.32 Å². The highest BCUT2D eigenvalue weighted by Crippen LogP contribution is 2.20. The Morgan fingerprint density at radius 3 is 2.77 bits per heavy atom. The zero-order valence-corrected chi connectivity index (χ0v) is 15.7. The molecular weight excluding hydrogens is 324 g/mol. The molecule has 1 atom stereocenters. The summed E-state index contributed by atoms with van der Waals surface area (Å²) in [4.78, 5) is 7.27. The molecule has 1 aliphatic rings. The summed E-state index contributed by atoms with van der Waals surface area (Å²) in [6.07, 6.45) is 8.11. The van der Waals surface area contributed by atoms with E-state index in [4.69, 9.17) is 4.99 Å². The van der Waals surface area contributed by atoms with Crippen molar-refractivity contribution in [3.63, 3.8) is 0 Å². The van der Waals surface area contributed by atoms with Crippen molar-refractivity contribution in [2.24, 2.45) is 10.9 Å². The van der Waals surface area contributed by atoms with Crippen LogP contribution in [0.4, 0.5) is 0 Å². The van der Waals surface area contributed by atoms with E-state index < -0.39 is 0 Å². The average molecular weight is 355 g/mol. The first-order valence-corrected chi connectivity index (χ1v) is 9.74. The van der Waals surface area contributed by atoms with Crippen LogP contribution in [0.2, 0.25) is 0 Å². The highest BCUT2D eigenvalue weighted by molar-refractivity contribution is 5.80. The van der Waals surface area contributed by atoms with Gasteiger partial charge in [-0.1, -0.05) is 30.3 Å². The molecule has 0 saturated carbocycles. The first kappa shape index (κ1) is 18.4. The maximum atomic E-state index is 4.85. The lowest BCUT2D eigenvalue weighted by molar-refractivity contribution is 0.459. The summed E-state index contributed by atoms with van der Waals surface area (Å²) in [5, 5.41) is 11.1. The van der Waals surface area contributed by atoms with Gasteiger partial charge < -0.3 is 14.8 Å². The maximum absolute atomic E-state index is 4.85. The fraction of sp³-hybridized carbons (Fsp3) is 0.550. The largest absolute Gasteiger partial charge is 0.357 e. The molecule has 140 valence electrons. The third-order valence-corrected chi connectivity index (χ3v) is 4.84. The number of aryl methyl sites for hydroxylation is 1. The molecule has 1 aromatic carbocycles. The zero-order chi connectivity index (χ0) is 18.0. The summed E-state index contributed by atoms with van der Waals surface area (Å²) < 4.78 is 2.02. The molecule has 1 N–H and O–H groups in total. The number of benzene rings is 1. The van der Waals surface area contributed by atoms with Gasteiger partial charge in [0.15, 0.2) is 5.96 Å². The lowest BCUT2D eigenvalue weighted by Gasteiger charge is -2.21. The summed E-state index contributed by atoms with van der Waals surface area (Å²) in [6, 6.07) is 10.8. The van der Waals surface area contributed by atoms with Gasteiger partial charge >= 0.3 is 0 Å². The predicted molar refractivity (Wildman–Crippen MR) is 105 cm³/mol. The van der Waals surface area contributed by atoms with Crippen LogP contribution in [0.1, 0.15) is 31.7 Å². The third kappa shape index (κ3) is 5.58. The fourth-order valence-electron chi connectivity index (χ4n) is 3.49. The molecule has 6 nitrogen and oxygen atoms in total. The molecule has 0 spiro atoms. The van der Waals surface area contributed by atoms with Crippen molar-refractivity contribution in [1.82, 2.24) is 25.0 Å². The quantitative estimate of drug-likeness (QED) is 0.450. The van der Waals surface area contributed by atoms with Gasteiger partial charge in [0.25, 0.3) is 0 Å². The number of likely N-dealkylation sites (tertiary alicyclic amines) is 1. The average Bonchev–Trinajstić information content (AvgIpc) is 3.33. The fourth-order valence-corrected chi connectivity index (χ4v) is 3.49. The molecule has 1 aliphatic heterocycles. The molecule has 1 fully saturated rings. The molecule has 0 radical (unpaired) electrons. The van der Waals surface area contributed by atoms with Crippen LogP contribution in [0.5, 0.6) is 0 Å². The molecule has 2 aromatic rings. The monoisotopic (exact) mass is 354 g/mol. The number of nitrogens with zero attached hydrogens (tertiary/aromatic N) is 5. The van der Waals surface area contributed by atoms with Crippen molar-refractivity contribution in [2.45, 2.75) is 39.2 Å². The summed E-state index contributed by atoms with van der Waals surface area (Å²) in [5.41, 5.74) is 1.44. The van der Waals surface area contributed by atoms with E-state index in [1.807, 2.05) is 4.57 Å². The van der Waals surface area contributed by atoms with Gasteiger partial charge in [0.2, 0.25) is 0 Å². The molecule has 0 aliphatic carbocycles. The molecule has 1 aromatic heterocycles. The topological polar surface area (TPSA) is 58.3 Å². The van der Waals surface area contributed by atoms with E-state index >= 15 is 0 Å². The first-order valence-electron chi connectivity index (χ1n) is 9.74. The smallest absolute Gasteiger partial charge is 0.193 e. The Bertz CT molecular complexity index is 652. The number of unbranched alkanes of at least 4 members (excludes halogenated alkanes) is 1. The van der Waals surface area contributed by atoms with Gasteiger partial charge in [-0.2, -0.15) is 0 Å². The predicted octanol–water partition coefficient (Wildman–Crippen LogP) is 2.59. The van der Waals surface area contributed by atoms with Crippen LogP contribution >= 0.6 is 0 Å². The summed E-state index contributed by atoms with van der Waals surface area (Å²) >= 11 is 0. The number of guanidine groups is 1. The molecule has 1 unspecified atom stereocenters. The molecule has 2 heterocycles. The molecule has 0 amide bonds. The minimum absolute atomic E-state index is 0.718. The van der Waals surface area contributed by atoms with Crippen molar-refractivity contribution < 1.29 is 0 Å².